The van der Waals surface area contributed by atoms with E-state index in [1.54, 1.807) is 0 Å². The van der Waals surface area contributed by atoms with Crippen LogP contribution in [0.4, 0.5) is 15.8 Å². The first-order valence-corrected chi connectivity index (χ1v) is 10.1. The number of fused-ring (bicyclic) bond motifs is 1. The van der Waals surface area contributed by atoms with Crippen LogP contribution in [-0.2, 0) is 9.84 Å². The first kappa shape index (κ1) is 19.8. The van der Waals surface area contributed by atoms with Crippen molar-refractivity contribution in [3.8, 4) is 5.75 Å². The fraction of sp³-hybridized carbons (Fsp3) is 0.111. The van der Waals surface area contributed by atoms with Crippen LogP contribution >= 0.6 is 11.6 Å². The van der Waals surface area contributed by atoms with Gasteiger partial charge in [0.05, 0.1) is 28.8 Å². The molecule has 0 fully saturated rings. The van der Waals surface area contributed by atoms with Gasteiger partial charge in [-0.2, -0.15) is 0 Å². The standard InChI is InChI=1S/C18H15ClFN3O4S/c1-27-14-7-10(3-4-13(14)20)23-16-11-5-9(19)6-15(28(2,25)26)17(11)22-8-12(16)18(21)24/h3-8H,1-2H3,(H2,21,24)(H,22,23). The molecule has 1 amide bonds. The van der Waals surface area contributed by atoms with Crippen LogP contribution in [0.3, 0.4) is 0 Å². The average molecular weight is 424 g/mol. The van der Waals surface area contributed by atoms with Crippen LogP contribution in [0.2, 0.25) is 5.02 Å². The van der Waals surface area contributed by atoms with Gasteiger partial charge in [0, 0.05) is 34.6 Å². The van der Waals surface area contributed by atoms with Gasteiger partial charge in [0.15, 0.2) is 21.4 Å². The van der Waals surface area contributed by atoms with E-state index < -0.39 is 21.6 Å². The smallest absolute Gasteiger partial charge is 0.252 e. The number of anilines is 2. The van der Waals surface area contributed by atoms with Crippen LogP contribution in [0.1, 0.15) is 10.4 Å². The lowest BCUT2D eigenvalue weighted by atomic mass is 10.1. The topological polar surface area (TPSA) is 111 Å². The molecule has 0 saturated heterocycles. The predicted molar refractivity (Wildman–Crippen MR) is 105 cm³/mol. The van der Waals surface area contributed by atoms with E-state index in [1.165, 1.54) is 43.6 Å². The number of nitrogens with two attached hydrogens (primary N) is 1. The molecule has 0 radical (unpaired) electrons. The molecule has 3 aromatic rings. The summed E-state index contributed by atoms with van der Waals surface area (Å²) in [5.74, 6) is -1.36. The van der Waals surface area contributed by atoms with Gasteiger partial charge >= 0.3 is 0 Å². The second-order valence-corrected chi connectivity index (χ2v) is 8.38. The summed E-state index contributed by atoms with van der Waals surface area (Å²) in [5, 5.41) is 3.37. The molecule has 7 nitrogen and oxygen atoms in total. The van der Waals surface area contributed by atoms with E-state index in [2.05, 4.69) is 10.3 Å². The molecule has 146 valence electrons. The molecule has 2 aromatic carbocycles. The summed E-state index contributed by atoms with van der Waals surface area (Å²) in [5.41, 5.74) is 6.15. The highest BCUT2D eigenvalue weighted by Crippen LogP contribution is 2.35. The van der Waals surface area contributed by atoms with Gasteiger partial charge in [0.25, 0.3) is 5.91 Å². The molecule has 0 aliphatic rings. The quantitative estimate of drug-likeness (QED) is 0.651. The minimum absolute atomic E-state index is 0.0116. The number of ether oxygens (including phenoxy) is 1. The number of nitrogens with one attached hydrogen (secondary N) is 1. The Morgan fingerprint density at radius 2 is 2.00 bits per heavy atom. The molecule has 3 rings (SSSR count). The average Bonchev–Trinajstić information content (AvgIpc) is 2.62. The molecular weight excluding hydrogens is 409 g/mol. The number of amides is 1. The van der Waals surface area contributed by atoms with E-state index in [9.17, 15) is 17.6 Å². The Balaban J connectivity index is 2.31. The van der Waals surface area contributed by atoms with Gasteiger partial charge in [0.2, 0.25) is 0 Å². The van der Waals surface area contributed by atoms with Crippen LogP contribution in [0.25, 0.3) is 10.9 Å². The van der Waals surface area contributed by atoms with Crippen molar-refractivity contribution >= 4 is 49.6 Å². The zero-order chi connectivity index (χ0) is 20.6. The van der Waals surface area contributed by atoms with Crippen molar-refractivity contribution in [2.75, 3.05) is 18.7 Å². The number of halogens is 2. The van der Waals surface area contributed by atoms with Gasteiger partial charge in [-0.1, -0.05) is 11.6 Å². The fourth-order valence-corrected chi connectivity index (χ4v) is 3.86. The third-order valence-electron chi connectivity index (χ3n) is 3.99. The van der Waals surface area contributed by atoms with E-state index >= 15 is 0 Å². The van der Waals surface area contributed by atoms with E-state index in [0.29, 0.717) is 5.69 Å². The summed E-state index contributed by atoms with van der Waals surface area (Å²) < 4.78 is 42.9. The van der Waals surface area contributed by atoms with Gasteiger partial charge in [-0.15, -0.1) is 0 Å². The lowest BCUT2D eigenvalue weighted by molar-refractivity contribution is 0.100. The first-order valence-electron chi connectivity index (χ1n) is 7.84. The number of nitrogens with zero attached hydrogens (tertiary/aromatic N) is 1. The molecule has 0 aliphatic carbocycles. The largest absolute Gasteiger partial charge is 0.494 e. The summed E-state index contributed by atoms with van der Waals surface area (Å²) in [6.07, 6.45) is 2.20. The molecule has 0 unspecified atom stereocenters. The van der Waals surface area contributed by atoms with Crippen LogP contribution in [0.5, 0.6) is 5.75 Å². The molecule has 0 aliphatic heterocycles. The van der Waals surface area contributed by atoms with Crippen LogP contribution in [0.15, 0.2) is 41.4 Å². The first-order chi connectivity index (χ1) is 13.1. The minimum atomic E-state index is -3.65. The number of primary amides is 1. The SMILES string of the molecule is COc1cc(Nc2c(C(N)=O)cnc3c(S(C)(=O)=O)cc(Cl)cc23)ccc1F. The molecule has 3 N–H and O–H groups in total. The number of sulfone groups is 1. The maximum atomic E-state index is 13.7. The third-order valence-corrected chi connectivity index (χ3v) is 5.31. The van der Waals surface area contributed by atoms with E-state index in [-0.39, 0.29) is 37.8 Å². The molecule has 1 heterocycles. The molecule has 10 heteroatoms. The van der Waals surface area contributed by atoms with E-state index in [0.717, 1.165) is 6.26 Å². The summed E-state index contributed by atoms with van der Waals surface area (Å²) in [7, 11) is -2.33. The van der Waals surface area contributed by atoms with E-state index in [1.807, 2.05) is 0 Å². The Labute approximate surface area is 165 Å². The number of benzene rings is 2. The van der Waals surface area contributed by atoms with Crippen molar-refractivity contribution < 1.29 is 22.3 Å². The monoisotopic (exact) mass is 423 g/mol. The number of methoxy groups -OCH3 is 1. The second kappa shape index (κ2) is 7.25. The van der Waals surface area contributed by atoms with E-state index in [4.69, 9.17) is 22.1 Å². The molecular formula is C18H15ClFN3O4S. The van der Waals surface area contributed by atoms with Crippen molar-refractivity contribution in [2.45, 2.75) is 4.90 Å². The maximum Gasteiger partial charge on any atom is 0.252 e. The second-order valence-electron chi connectivity index (χ2n) is 5.96. The van der Waals surface area contributed by atoms with Crippen molar-refractivity contribution in [1.29, 1.82) is 0 Å². The zero-order valence-electron chi connectivity index (χ0n) is 14.8. The maximum absolute atomic E-state index is 13.7. The number of aromatic nitrogens is 1. The molecule has 0 spiro atoms. The molecule has 0 atom stereocenters. The Hall–Kier alpha value is -2.91. The van der Waals surface area contributed by atoms with Crippen molar-refractivity contribution in [3.63, 3.8) is 0 Å². The van der Waals surface area contributed by atoms with Crippen molar-refractivity contribution in [2.24, 2.45) is 5.73 Å². The molecule has 0 bridgehead atoms. The van der Waals surface area contributed by atoms with Crippen molar-refractivity contribution in [3.05, 3.63) is 52.9 Å². The van der Waals surface area contributed by atoms with Gasteiger partial charge in [-0.05, 0) is 24.3 Å². The lowest BCUT2D eigenvalue weighted by Crippen LogP contribution is -2.14. The summed E-state index contributed by atoms with van der Waals surface area (Å²) in [4.78, 5) is 15.9. The lowest BCUT2D eigenvalue weighted by Gasteiger charge is -2.15. The van der Waals surface area contributed by atoms with Crippen LogP contribution in [-0.4, -0.2) is 32.7 Å². The fourth-order valence-electron chi connectivity index (χ4n) is 2.72. The zero-order valence-corrected chi connectivity index (χ0v) is 16.4. The minimum Gasteiger partial charge on any atom is -0.494 e. The Bertz CT molecular complexity index is 1220. The van der Waals surface area contributed by atoms with Gasteiger partial charge in [-0.3, -0.25) is 9.78 Å². The Kier molecular flexibility index (Phi) is 5.14. The highest BCUT2D eigenvalue weighted by molar-refractivity contribution is 7.91. The summed E-state index contributed by atoms with van der Waals surface area (Å²) in [6.45, 7) is 0. The predicted octanol–water partition coefficient (Wildman–Crippen LogP) is 3.28. The number of hydrogen-bond acceptors (Lipinski definition) is 6. The summed E-state index contributed by atoms with van der Waals surface area (Å²) in [6, 6.07) is 6.74. The highest BCUT2D eigenvalue weighted by Gasteiger charge is 2.20. The molecule has 28 heavy (non-hydrogen) atoms. The van der Waals surface area contributed by atoms with Gasteiger partial charge in [-0.25, -0.2) is 12.8 Å². The normalized spacial score (nSPS) is 11.4. The number of pyridine rings is 1. The number of carbonyl (C=O) groups excluding carboxylic acids is 1. The van der Waals surface area contributed by atoms with Crippen LogP contribution < -0.4 is 15.8 Å². The van der Waals surface area contributed by atoms with Gasteiger partial charge in [0.1, 0.15) is 0 Å². The van der Waals surface area contributed by atoms with Gasteiger partial charge < -0.3 is 15.8 Å². The highest BCUT2D eigenvalue weighted by atomic mass is 35.5. The third kappa shape index (κ3) is 3.71. The molecule has 1 aromatic heterocycles. The number of rotatable bonds is 5. The van der Waals surface area contributed by atoms with Crippen LogP contribution in [0, 0.1) is 5.82 Å². The van der Waals surface area contributed by atoms with Crippen molar-refractivity contribution in [1.82, 2.24) is 4.98 Å². The Morgan fingerprint density at radius 3 is 2.61 bits per heavy atom. The number of hydrogen-bond donors (Lipinski definition) is 2. The number of carbonyl (C=O) groups is 1. The Morgan fingerprint density at radius 1 is 1.29 bits per heavy atom. The molecule has 0 saturated carbocycles. The summed E-state index contributed by atoms with van der Waals surface area (Å²) >= 11 is 6.10.